The highest BCUT2D eigenvalue weighted by Gasteiger charge is 2.21. The minimum absolute atomic E-state index is 0.567. The first-order chi connectivity index (χ1) is 9.19. The third kappa shape index (κ3) is 3.93. The molecule has 2 rings (SSSR count). The molecular weight excluding hydrogens is 238 g/mol. The lowest BCUT2D eigenvalue weighted by molar-refractivity contribution is 0.117. The average Bonchev–Trinajstić information content (AvgIpc) is 2.46. The van der Waals surface area contributed by atoms with E-state index < -0.39 is 0 Å². The minimum atomic E-state index is 0.567. The van der Waals surface area contributed by atoms with Crippen molar-refractivity contribution in [1.82, 2.24) is 9.88 Å². The molecule has 0 aromatic carbocycles. The van der Waals surface area contributed by atoms with E-state index in [9.17, 15) is 0 Å². The number of pyridine rings is 1. The predicted molar refractivity (Wildman–Crippen MR) is 73.9 cm³/mol. The lowest BCUT2D eigenvalue weighted by Crippen LogP contribution is -2.39. The number of likely N-dealkylation sites (tertiary alicyclic amines) is 1. The molecule has 1 aromatic rings. The summed E-state index contributed by atoms with van der Waals surface area (Å²) in [4.78, 5) is 6.63. The Bertz CT molecular complexity index is 428. The zero-order valence-corrected chi connectivity index (χ0v) is 11.7. The Morgan fingerprint density at radius 2 is 2.16 bits per heavy atom. The van der Waals surface area contributed by atoms with Gasteiger partial charge in [-0.3, -0.25) is 0 Å². The first kappa shape index (κ1) is 13.8. The maximum absolute atomic E-state index is 8.70. The number of hydrogen-bond acceptors (Lipinski definition) is 4. The zero-order chi connectivity index (χ0) is 13.7. The van der Waals surface area contributed by atoms with Crippen LogP contribution in [0.5, 0.6) is 5.88 Å². The van der Waals surface area contributed by atoms with E-state index in [1.165, 1.54) is 12.8 Å². The van der Waals surface area contributed by atoms with Gasteiger partial charge in [0.2, 0.25) is 5.88 Å². The standard InChI is InChI=1S/C15H21N3O/c1-12(2)18-7-5-13(6-8-18)11-19-15-4-3-14(9-16)10-17-15/h3-4,10,12-13H,5-8,11H2,1-2H3. The summed E-state index contributed by atoms with van der Waals surface area (Å²) in [7, 11) is 0. The average molecular weight is 259 g/mol. The maximum atomic E-state index is 8.70. The Balaban J connectivity index is 1.76. The fourth-order valence-electron chi connectivity index (χ4n) is 2.37. The number of nitrogens with zero attached hydrogens (tertiary/aromatic N) is 3. The third-order valence-electron chi connectivity index (χ3n) is 3.71. The van der Waals surface area contributed by atoms with Crippen molar-refractivity contribution in [3.8, 4) is 11.9 Å². The Hall–Kier alpha value is -1.60. The quantitative estimate of drug-likeness (QED) is 0.833. The number of nitriles is 1. The fourth-order valence-corrected chi connectivity index (χ4v) is 2.37. The van der Waals surface area contributed by atoms with Crippen molar-refractivity contribution in [2.75, 3.05) is 19.7 Å². The molecule has 0 aliphatic carbocycles. The smallest absolute Gasteiger partial charge is 0.213 e. The summed E-state index contributed by atoms with van der Waals surface area (Å²) in [6.45, 7) is 7.54. The van der Waals surface area contributed by atoms with E-state index in [-0.39, 0.29) is 0 Å². The van der Waals surface area contributed by atoms with Gasteiger partial charge in [0.1, 0.15) is 6.07 Å². The van der Waals surface area contributed by atoms with Gasteiger partial charge in [-0.15, -0.1) is 0 Å². The van der Waals surface area contributed by atoms with Gasteiger partial charge in [0.05, 0.1) is 12.2 Å². The molecule has 4 heteroatoms. The summed E-state index contributed by atoms with van der Waals surface area (Å²) < 4.78 is 5.70. The molecule has 102 valence electrons. The molecule has 1 saturated heterocycles. The van der Waals surface area contributed by atoms with Crippen molar-refractivity contribution in [2.45, 2.75) is 32.7 Å². The van der Waals surface area contributed by atoms with Crippen molar-refractivity contribution in [3.05, 3.63) is 23.9 Å². The molecule has 0 bridgehead atoms. The molecule has 0 amide bonds. The maximum Gasteiger partial charge on any atom is 0.213 e. The molecule has 2 heterocycles. The second-order valence-corrected chi connectivity index (χ2v) is 5.38. The fraction of sp³-hybridized carbons (Fsp3) is 0.600. The highest BCUT2D eigenvalue weighted by Crippen LogP contribution is 2.20. The lowest BCUT2D eigenvalue weighted by atomic mass is 9.97. The van der Waals surface area contributed by atoms with E-state index in [4.69, 9.17) is 10.00 Å². The van der Waals surface area contributed by atoms with Gasteiger partial charge in [-0.2, -0.15) is 5.26 Å². The van der Waals surface area contributed by atoms with Crippen LogP contribution in [0, 0.1) is 17.2 Å². The first-order valence-corrected chi connectivity index (χ1v) is 6.92. The monoisotopic (exact) mass is 259 g/mol. The SMILES string of the molecule is CC(C)N1CCC(COc2ccc(C#N)cn2)CC1. The highest BCUT2D eigenvalue weighted by molar-refractivity contribution is 5.28. The molecule has 0 atom stereocenters. The molecule has 1 aliphatic heterocycles. The number of rotatable bonds is 4. The summed E-state index contributed by atoms with van der Waals surface area (Å²) in [6, 6.07) is 6.20. The van der Waals surface area contributed by atoms with Crippen molar-refractivity contribution in [1.29, 1.82) is 5.26 Å². The largest absolute Gasteiger partial charge is 0.477 e. The van der Waals surface area contributed by atoms with Gasteiger partial charge in [0, 0.05) is 18.3 Å². The van der Waals surface area contributed by atoms with E-state index >= 15 is 0 Å². The summed E-state index contributed by atoms with van der Waals surface area (Å²) in [5, 5.41) is 8.70. The molecule has 0 unspecified atom stereocenters. The third-order valence-corrected chi connectivity index (χ3v) is 3.71. The van der Waals surface area contributed by atoms with Crippen molar-refractivity contribution < 1.29 is 4.74 Å². The number of ether oxygens (including phenoxy) is 1. The van der Waals surface area contributed by atoms with Gasteiger partial charge >= 0.3 is 0 Å². The molecule has 1 aromatic heterocycles. The number of aromatic nitrogens is 1. The summed E-state index contributed by atoms with van der Waals surface area (Å²) >= 11 is 0. The Labute approximate surface area is 115 Å². The molecule has 4 nitrogen and oxygen atoms in total. The van der Waals surface area contributed by atoms with Crippen LogP contribution in [-0.4, -0.2) is 35.6 Å². The molecule has 0 radical (unpaired) electrons. The second-order valence-electron chi connectivity index (χ2n) is 5.38. The summed E-state index contributed by atoms with van der Waals surface area (Å²) in [5.41, 5.74) is 0.567. The number of hydrogen-bond donors (Lipinski definition) is 0. The van der Waals surface area contributed by atoms with Crippen LogP contribution in [0.2, 0.25) is 0 Å². The number of piperidine rings is 1. The van der Waals surface area contributed by atoms with Crippen molar-refractivity contribution in [2.24, 2.45) is 5.92 Å². The van der Waals surface area contributed by atoms with Crippen LogP contribution in [0.4, 0.5) is 0 Å². The molecule has 1 aliphatic rings. The van der Waals surface area contributed by atoms with Crippen LogP contribution in [0.15, 0.2) is 18.3 Å². The molecule has 0 spiro atoms. The summed E-state index contributed by atoms with van der Waals surface area (Å²) in [5.74, 6) is 1.23. The van der Waals surface area contributed by atoms with Crippen LogP contribution >= 0.6 is 0 Å². The van der Waals surface area contributed by atoms with Crippen LogP contribution in [0.1, 0.15) is 32.3 Å². The van der Waals surface area contributed by atoms with Gasteiger partial charge in [0.15, 0.2) is 0 Å². The van der Waals surface area contributed by atoms with E-state index in [2.05, 4.69) is 29.8 Å². The zero-order valence-electron chi connectivity index (χ0n) is 11.7. The Morgan fingerprint density at radius 1 is 1.42 bits per heavy atom. The van der Waals surface area contributed by atoms with Gasteiger partial charge < -0.3 is 9.64 Å². The first-order valence-electron chi connectivity index (χ1n) is 6.92. The van der Waals surface area contributed by atoms with Gasteiger partial charge in [-0.25, -0.2) is 4.98 Å². The van der Waals surface area contributed by atoms with Gasteiger partial charge in [-0.05, 0) is 51.8 Å². The highest BCUT2D eigenvalue weighted by atomic mass is 16.5. The van der Waals surface area contributed by atoms with E-state index in [0.29, 0.717) is 23.4 Å². The normalized spacial score (nSPS) is 17.4. The van der Waals surface area contributed by atoms with E-state index in [0.717, 1.165) is 19.7 Å². The molecular formula is C15H21N3O. The van der Waals surface area contributed by atoms with Crippen LogP contribution in [-0.2, 0) is 0 Å². The Morgan fingerprint density at radius 3 is 2.68 bits per heavy atom. The molecule has 1 fully saturated rings. The van der Waals surface area contributed by atoms with Crippen molar-refractivity contribution in [3.63, 3.8) is 0 Å². The topological polar surface area (TPSA) is 49.1 Å². The second kappa shape index (κ2) is 6.53. The van der Waals surface area contributed by atoms with E-state index in [1.807, 2.05) is 0 Å². The van der Waals surface area contributed by atoms with Crippen LogP contribution in [0.25, 0.3) is 0 Å². The summed E-state index contributed by atoms with van der Waals surface area (Å²) in [6.07, 6.45) is 3.93. The lowest BCUT2D eigenvalue weighted by Gasteiger charge is -2.34. The Kier molecular flexibility index (Phi) is 4.75. The van der Waals surface area contributed by atoms with Crippen molar-refractivity contribution >= 4 is 0 Å². The van der Waals surface area contributed by atoms with Crippen LogP contribution in [0.3, 0.4) is 0 Å². The minimum Gasteiger partial charge on any atom is -0.477 e. The molecule has 0 saturated carbocycles. The predicted octanol–water partition coefficient (Wildman–Crippen LogP) is 2.45. The van der Waals surface area contributed by atoms with E-state index in [1.54, 1.807) is 18.3 Å². The molecule has 19 heavy (non-hydrogen) atoms. The van der Waals surface area contributed by atoms with Gasteiger partial charge in [-0.1, -0.05) is 0 Å². The van der Waals surface area contributed by atoms with Crippen LogP contribution < -0.4 is 4.74 Å². The van der Waals surface area contributed by atoms with Gasteiger partial charge in [0.25, 0.3) is 0 Å². The molecule has 0 N–H and O–H groups in total.